The van der Waals surface area contributed by atoms with Gasteiger partial charge in [0.1, 0.15) is 18.2 Å². The highest BCUT2D eigenvalue weighted by Gasteiger charge is 2.53. The van der Waals surface area contributed by atoms with Crippen LogP contribution in [0.25, 0.3) is 0 Å². The Labute approximate surface area is 270 Å². The number of halogens is 3. The third kappa shape index (κ3) is 7.46. The lowest BCUT2D eigenvalue weighted by molar-refractivity contribution is -0.167. The number of nitrogens with zero attached hydrogens (tertiary/aromatic N) is 3. The summed E-state index contributed by atoms with van der Waals surface area (Å²) in [6.07, 6.45) is 7.92. The van der Waals surface area contributed by atoms with E-state index in [0.717, 1.165) is 33.7 Å². The first kappa shape index (κ1) is 31.6. The molecule has 2 aromatic rings. The number of carbonyl (C=O) groups excluding carboxylic acids is 3. The zero-order chi connectivity index (χ0) is 30.0. The van der Waals surface area contributed by atoms with Gasteiger partial charge in [0.05, 0.1) is 11.6 Å². The first-order valence-corrected chi connectivity index (χ1v) is 17.0. The minimum Gasteiger partial charge on any atom is -0.343 e. The van der Waals surface area contributed by atoms with Gasteiger partial charge in [-0.2, -0.15) is 0 Å². The molecule has 6 rings (SSSR count). The third-order valence-corrected chi connectivity index (χ3v) is 10.8. The maximum absolute atomic E-state index is 13.8. The predicted octanol–water partition coefficient (Wildman–Crippen LogP) is 6.55. The van der Waals surface area contributed by atoms with Crippen molar-refractivity contribution in [3.63, 3.8) is 0 Å². The van der Waals surface area contributed by atoms with Crippen molar-refractivity contribution in [3.8, 4) is 0 Å². The van der Waals surface area contributed by atoms with Crippen LogP contribution in [0.1, 0.15) is 57.9 Å². The Morgan fingerprint density at radius 3 is 2.29 bits per heavy atom. The molecule has 226 valence electrons. The van der Waals surface area contributed by atoms with Crippen LogP contribution in [0.4, 0.5) is 0 Å². The summed E-state index contributed by atoms with van der Waals surface area (Å²) in [5.74, 6) is 0.543. The fourth-order valence-corrected chi connectivity index (χ4v) is 7.55. The van der Waals surface area contributed by atoms with Crippen LogP contribution < -0.4 is 5.32 Å². The molecule has 2 saturated carbocycles. The molecule has 0 aromatic heterocycles. The van der Waals surface area contributed by atoms with Crippen LogP contribution in [0.3, 0.4) is 0 Å². The van der Waals surface area contributed by atoms with Gasteiger partial charge in [-0.1, -0.05) is 83.9 Å². The number of fused-ring (bicyclic) bond motifs is 1. The first-order chi connectivity index (χ1) is 20.1. The molecule has 42 heavy (non-hydrogen) atoms. The largest absolute Gasteiger partial charge is 0.343 e. The fourth-order valence-electron chi connectivity index (χ4n) is 5.73. The normalized spacial score (nSPS) is 24.5. The van der Waals surface area contributed by atoms with Crippen molar-refractivity contribution in [2.75, 3.05) is 13.1 Å². The third-order valence-electron chi connectivity index (χ3n) is 8.45. The second-order valence-electron chi connectivity index (χ2n) is 11.5. The topological polar surface area (TPSA) is 73.0 Å². The molecule has 0 bridgehead atoms. The smallest absolute Gasteiger partial charge is 0.248 e. The van der Waals surface area contributed by atoms with E-state index in [1.807, 2.05) is 35.2 Å². The molecular formula is C31H37BrCl2N4O3S. The minimum absolute atomic E-state index is 0.0389. The summed E-state index contributed by atoms with van der Waals surface area (Å²) < 4.78 is 3.01. The molecular weight excluding hydrogens is 659 g/mol. The summed E-state index contributed by atoms with van der Waals surface area (Å²) in [5, 5.41) is 3.83. The highest BCUT2D eigenvalue weighted by atomic mass is 79.9. The average Bonchev–Trinajstić information content (AvgIpc) is 3.75. The second kappa shape index (κ2) is 13.9. The van der Waals surface area contributed by atoms with Gasteiger partial charge in [-0.15, -0.1) is 0 Å². The monoisotopic (exact) mass is 694 g/mol. The van der Waals surface area contributed by atoms with E-state index in [4.69, 9.17) is 23.2 Å². The van der Waals surface area contributed by atoms with E-state index < -0.39 is 12.1 Å². The number of benzene rings is 2. The molecule has 3 amide bonds. The van der Waals surface area contributed by atoms with Gasteiger partial charge in [0, 0.05) is 40.3 Å². The van der Waals surface area contributed by atoms with E-state index in [0.29, 0.717) is 29.6 Å². The molecule has 2 aromatic carbocycles. The number of nitrogens with one attached hydrogen (secondary N) is 1. The highest BCUT2D eigenvalue weighted by Crippen LogP contribution is 2.40. The zero-order valence-corrected chi connectivity index (χ0v) is 27.8. The SMILES string of the molecule is CC(=O)NC1CN(Sc2ccc(Cl)cc2Cl)C2CN(C3CC3)C(=O)C(Cc3ccc(Br)cc3)N2C1=O.CCC1CCC1. The summed E-state index contributed by atoms with van der Waals surface area (Å²) in [7, 11) is 0. The van der Waals surface area contributed by atoms with Gasteiger partial charge >= 0.3 is 0 Å². The van der Waals surface area contributed by atoms with Crippen LogP contribution in [0.5, 0.6) is 0 Å². The Balaban J connectivity index is 0.000000524. The fraction of sp³-hybridized carbons (Fsp3) is 0.516. The molecule has 7 nitrogen and oxygen atoms in total. The Hall–Kier alpha value is -1.78. The minimum atomic E-state index is -0.773. The van der Waals surface area contributed by atoms with Crippen molar-refractivity contribution in [2.24, 2.45) is 5.92 Å². The molecule has 11 heteroatoms. The van der Waals surface area contributed by atoms with Crippen molar-refractivity contribution >= 4 is 68.8 Å². The van der Waals surface area contributed by atoms with Gasteiger partial charge in [0.15, 0.2) is 0 Å². The van der Waals surface area contributed by atoms with Crippen molar-refractivity contribution in [1.29, 1.82) is 0 Å². The number of carbonyl (C=O) groups is 3. The summed E-state index contributed by atoms with van der Waals surface area (Å²) in [6, 6.07) is 11.8. The van der Waals surface area contributed by atoms with Crippen molar-refractivity contribution < 1.29 is 14.4 Å². The van der Waals surface area contributed by atoms with Crippen LogP contribution in [0.2, 0.25) is 10.0 Å². The Bertz CT molecular complexity index is 1300. The van der Waals surface area contributed by atoms with Crippen molar-refractivity contribution in [1.82, 2.24) is 19.4 Å². The lowest BCUT2D eigenvalue weighted by atomic mass is 9.84. The quantitative estimate of drug-likeness (QED) is 0.333. The summed E-state index contributed by atoms with van der Waals surface area (Å²) >= 11 is 17.5. The number of piperazine rings is 1. The first-order valence-electron chi connectivity index (χ1n) is 14.7. The molecule has 4 fully saturated rings. The molecule has 2 heterocycles. The van der Waals surface area contributed by atoms with Crippen LogP contribution in [0, 0.1) is 5.92 Å². The van der Waals surface area contributed by atoms with E-state index >= 15 is 0 Å². The van der Waals surface area contributed by atoms with Gasteiger partial charge in [-0.25, -0.2) is 4.31 Å². The molecule has 2 aliphatic carbocycles. The summed E-state index contributed by atoms with van der Waals surface area (Å²) in [6.45, 7) is 4.38. The van der Waals surface area contributed by atoms with Gasteiger partial charge < -0.3 is 15.1 Å². The Morgan fingerprint density at radius 2 is 1.74 bits per heavy atom. The van der Waals surface area contributed by atoms with Crippen LogP contribution >= 0.6 is 51.1 Å². The molecule has 2 aliphatic heterocycles. The lowest BCUT2D eigenvalue weighted by Gasteiger charge is -2.53. The van der Waals surface area contributed by atoms with Gasteiger partial charge in [0.2, 0.25) is 17.7 Å². The number of rotatable bonds is 7. The van der Waals surface area contributed by atoms with Gasteiger partial charge in [-0.3, -0.25) is 14.4 Å². The number of amides is 3. The maximum atomic E-state index is 13.8. The Kier molecular flexibility index (Phi) is 10.5. The van der Waals surface area contributed by atoms with Gasteiger partial charge in [-0.05, 0) is 66.6 Å². The molecule has 4 aliphatic rings. The summed E-state index contributed by atoms with van der Waals surface area (Å²) in [5.41, 5.74) is 0.961. The molecule has 0 spiro atoms. The van der Waals surface area contributed by atoms with Crippen molar-refractivity contribution in [2.45, 2.75) is 88.0 Å². The van der Waals surface area contributed by atoms with Gasteiger partial charge in [0.25, 0.3) is 0 Å². The van der Waals surface area contributed by atoms with E-state index in [1.165, 1.54) is 44.6 Å². The molecule has 3 atom stereocenters. The second-order valence-corrected chi connectivity index (χ2v) is 14.4. The van der Waals surface area contributed by atoms with Crippen LogP contribution in [0.15, 0.2) is 51.8 Å². The predicted molar refractivity (Wildman–Crippen MR) is 171 cm³/mol. The average molecular weight is 697 g/mol. The lowest BCUT2D eigenvalue weighted by Crippen LogP contribution is -2.74. The molecule has 2 saturated heterocycles. The highest BCUT2D eigenvalue weighted by molar-refractivity contribution is 9.10. The van der Waals surface area contributed by atoms with E-state index in [9.17, 15) is 14.4 Å². The number of hydrogen-bond donors (Lipinski definition) is 1. The Morgan fingerprint density at radius 1 is 1.02 bits per heavy atom. The van der Waals surface area contributed by atoms with Crippen molar-refractivity contribution in [3.05, 3.63) is 62.5 Å². The van der Waals surface area contributed by atoms with Crippen LogP contribution in [-0.2, 0) is 20.8 Å². The molecule has 1 N–H and O–H groups in total. The number of hydrogen-bond acceptors (Lipinski definition) is 5. The zero-order valence-electron chi connectivity index (χ0n) is 23.9. The van der Waals surface area contributed by atoms with E-state index in [1.54, 1.807) is 17.0 Å². The van der Waals surface area contributed by atoms with Crippen LogP contribution in [-0.4, -0.2) is 69.2 Å². The molecule has 3 unspecified atom stereocenters. The summed E-state index contributed by atoms with van der Waals surface area (Å²) in [4.78, 5) is 43.9. The standard InChI is InChI=1S/C25H25BrCl2N4O3S.C6H12/c1-14(33)29-20-12-31(36-22-9-6-17(27)11-19(22)28)23-13-30(18-7-8-18)25(35)21(32(23)24(20)34)10-15-2-4-16(26)5-3-15;1-2-6-4-3-5-6/h2-6,9,11,18,20-21,23H,7-8,10,12-13H2,1H3,(H,29,33);6H,2-5H2,1H3. The van der Waals surface area contributed by atoms with E-state index in [2.05, 4.69) is 32.5 Å². The van der Waals surface area contributed by atoms with E-state index in [-0.39, 0.29) is 29.9 Å². The maximum Gasteiger partial charge on any atom is 0.248 e. The molecule has 0 radical (unpaired) electrons.